The van der Waals surface area contributed by atoms with E-state index < -0.39 is 0 Å². The average Bonchev–Trinajstić information content (AvgIpc) is 3.15. The first-order chi connectivity index (χ1) is 11.1. The van der Waals surface area contributed by atoms with Crippen LogP contribution in [0.4, 0.5) is 0 Å². The molecule has 1 atom stereocenters. The van der Waals surface area contributed by atoms with Crippen molar-refractivity contribution < 1.29 is 18.8 Å². The van der Waals surface area contributed by atoms with Crippen molar-refractivity contribution in [2.24, 2.45) is 11.8 Å². The maximum Gasteiger partial charge on any atom is 0.225 e. The van der Waals surface area contributed by atoms with Crippen LogP contribution in [0.15, 0.2) is 22.8 Å². The Balaban J connectivity index is 1.37. The normalized spacial score (nSPS) is 20.6. The third kappa shape index (κ3) is 4.12. The van der Waals surface area contributed by atoms with Crippen molar-refractivity contribution >= 4 is 17.7 Å². The van der Waals surface area contributed by atoms with Gasteiger partial charge in [0.05, 0.1) is 18.7 Å². The van der Waals surface area contributed by atoms with Crippen LogP contribution in [0.2, 0.25) is 0 Å². The molecule has 2 aliphatic rings. The predicted molar refractivity (Wildman–Crippen MR) is 81.0 cm³/mol. The topological polar surface area (TPSA) is 91.7 Å². The fraction of sp³-hybridized carbons (Fsp3) is 0.562. The maximum atomic E-state index is 12.1. The highest BCUT2D eigenvalue weighted by molar-refractivity contribution is 5.89. The molecule has 1 aliphatic carbocycles. The zero-order valence-corrected chi connectivity index (χ0v) is 12.9. The Kier molecular flexibility index (Phi) is 4.64. The molecule has 1 saturated heterocycles. The molecule has 0 radical (unpaired) electrons. The summed E-state index contributed by atoms with van der Waals surface area (Å²) in [6, 6.07) is 3.58. The van der Waals surface area contributed by atoms with Crippen LogP contribution in [0, 0.1) is 11.8 Å². The van der Waals surface area contributed by atoms with Gasteiger partial charge >= 0.3 is 0 Å². The van der Waals surface area contributed by atoms with Crippen LogP contribution in [0.5, 0.6) is 0 Å². The van der Waals surface area contributed by atoms with Crippen molar-refractivity contribution in [3.05, 3.63) is 24.2 Å². The van der Waals surface area contributed by atoms with Gasteiger partial charge in [0.25, 0.3) is 0 Å². The SMILES string of the molecule is O=C(NCCNC(=O)[C@H]1CC(=O)N(Cc2ccco2)C1)C1CC1. The summed E-state index contributed by atoms with van der Waals surface area (Å²) in [4.78, 5) is 37.2. The van der Waals surface area contributed by atoms with Gasteiger partial charge in [0.1, 0.15) is 5.76 Å². The lowest BCUT2D eigenvalue weighted by Gasteiger charge is -2.15. The van der Waals surface area contributed by atoms with Crippen LogP contribution >= 0.6 is 0 Å². The lowest BCUT2D eigenvalue weighted by atomic mass is 10.1. The van der Waals surface area contributed by atoms with Gasteiger partial charge in [-0.05, 0) is 25.0 Å². The lowest BCUT2D eigenvalue weighted by molar-refractivity contribution is -0.129. The molecular formula is C16H21N3O4. The quantitative estimate of drug-likeness (QED) is 0.706. The fourth-order valence-corrected chi connectivity index (χ4v) is 2.70. The third-order valence-electron chi connectivity index (χ3n) is 4.18. The second-order valence-electron chi connectivity index (χ2n) is 6.11. The van der Waals surface area contributed by atoms with Gasteiger partial charge in [0, 0.05) is 32.0 Å². The minimum atomic E-state index is -0.336. The van der Waals surface area contributed by atoms with Crippen molar-refractivity contribution in [2.75, 3.05) is 19.6 Å². The van der Waals surface area contributed by atoms with E-state index in [1.54, 1.807) is 17.2 Å². The second kappa shape index (κ2) is 6.85. The summed E-state index contributed by atoms with van der Waals surface area (Å²) >= 11 is 0. The number of carbonyl (C=O) groups is 3. The molecule has 2 N–H and O–H groups in total. The fourth-order valence-electron chi connectivity index (χ4n) is 2.70. The van der Waals surface area contributed by atoms with Crippen molar-refractivity contribution in [1.29, 1.82) is 0 Å². The summed E-state index contributed by atoms with van der Waals surface area (Å²) in [5, 5.41) is 5.58. The van der Waals surface area contributed by atoms with Gasteiger partial charge < -0.3 is 20.0 Å². The molecule has 0 spiro atoms. The van der Waals surface area contributed by atoms with E-state index in [2.05, 4.69) is 10.6 Å². The first-order valence-corrected chi connectivity index (χ1v) is 7.99. The van der Waals surface area contributed by atoms with E-state index in [0.717, 1.165) is 12.8 Å². The second-order valence-corrected chi connectivity index (χ2v) is 6.11. The van der Waals surface area contributed by atoms with Gasteiger partial charge in [0.15, 0.2) is 0 Å². The maximum absolute atomic E-state index is 12.1. The molecule has 124 valence electrons. The summed E-state index contributed by atoms with van der Waals surface area (Å²) in [5.41, 5.74) is 0. The lowest BCUT2D eigenvalue weighted by Crippen LogP contribution is -2.38. The number of rotatable bonds is 7. The van der Waals surface area contributed by atoms with E-state index in [1.165, 1.54) is 0 Å². The average molecular weight is 319 g/mol. The summed E-state index contributed by atoms with van der Waals surface area (Å²) in [7, 11) is 0. The third-order valence-corrected chi connectivity index (χ3v) is 4.18. The molecule has 1 aliphatic heterocycles. The molecule has 0 bridgehead atoms. The number of hydrogen-bond donors (Lipinski definition) is 2. The Morgan fingerprint density at radius 3 is 2.48 bits per heavy atom. The van der Waals surface area contributed by atoms with Gasteiger partial charge in [-0.3, -0.25) is 14.4 Å². The Morgan fingerprint density at radius 1 is 1.17 bits per heavy atom. The predicted octanol–water partition coefficient (Wildman–Crippen LogP) is 0.270. The molecule has 0 unspecified atom stereocenters. The monoisotopic (exact) mass is 319 g/mol. The summed E-state index contributed by atoms with van der Waals surface area (Å²) < 4.78 is 5.23. The summed E-state index contributed by atoms with van der Waals surface area (Å²) in [6.07, 6.45) is 3.72. The summed E-state index contributed by atoms with van der Waals surface area (Å²) in [5.74, 6) is 0.441. The van der Waals surface area contributed by atoms with Crippen LogP contribution in [-0.2, 0) is 20.9 Å². The molecule has 7 nitrogen and oxygen atoms in total. The van der Waals surface area contributed by atoms with Crippen LogP contribution in [0.1, 0.15) is 25.0 Å². The van der Waals surface area contributed by atoms with E-state index >= 15 is 0 Å². The van der Waals surface area contributed by atoms with Crippen LogP contribution in [-0.4, -0.2) is 42.3 Å². The van der Waals surface area contributed by atoms with Gasteiger partial charge in [-0.1, -0.05) is 0 Å². The molecule has 1 aromatic rings. The molecular weight excluding hydrogens is 298 g/mol. The number of nitrogens with one attached hydrogen (secondary N) is 2. The zero-order valence-electron chi connectivity index (χ0n) is 12.9. The minimum absolute atomic E-state index is 0.0383. The van der Waals surface area contributed by atoms with Gasteiger partial charge in [-0.15, -0.1) is 0 Å². The Hall–Kier alpha value is -2.31. The van der Waals surface area contributed by atoms with E-state index in [1.807, 2.05) is 6.07 Å². The minimum Gasteiger partial charge on any atom is -0.467 e. The molecule has 2 heterocycles. The van der Waals surface area contributed by atoms with Crippen LogP contribution in [0.25, 0.3) is 0 Å². The molecule has 3 rings (SSSR count). The number of amides is 3. The van der Waals surface area contributed by atoms with E-state index in [4.69, 9.17) is 4.42 Å². The Morgan fingerprint density at radius 2 is 1.87 bits per heavy atom. The van der Waals surface area contributed by atoms with E-state index in [0.29, 0.717) is 31.9 Å². The highest BCUT2D eigenvalue weighted by atomic mass is 16.3. The molecule has 2 fully saturated rings. The molecule has 0 aromatic carbocycles. The highest BCUT2D eigenvalue weighted by Crippen LogP contribution is 2.28. The molecule has 1 saturated carbocycles. The Bertz CT molecular complexity index is 580. The number of hydrogen-bond acceptors (Lipinski definition) is 4. The number of furan rings is 1. The number of likely N-dealkylation sites (tertiary alicyclic amines) is 1. The Labute approximate surface area is 134 Å². The summed E-state index contributed by atoms with van der Waals surface area (Å²) in [6.45, 7) is 1.62. The van der Waals surface area contributed by atoms with Crippen molar-refractivity contribution in [2.45, 2.75) is 25.8 Å². The van der Waals surface area contributed by atoms with E-state index in [9.17, 15) is 14.4 Å². The zero-order chi connectivity index (χ0) is 16.2. The standard InChI is InChI=1S/C16H21N3O4/c20-14-8-12(9-19(14)10-13-2-1-7-23-13)16(22)18-6-5-17-15(21)11-3-4-11/h1-2,7,11-12H,3-6,8-10H2,(H,17,21)(H,18,22)/t12-/m0/s1. The van der Waals surface area contributed by atoms with Crippen molar-refractivity contribution in [3.63, 3.8) is 0 Å². The largest absolute Gasteiger partial charge is 0.467 e. The van der Waals surface area contributed by atoms with Gasteiger partial charge in [0.2, 0.25) is 17.7 Å². The molecule has 7 heteroatoms. The van der Waals surface area contributed by atoms with Crippen molar-refractivity contribution in [1.82, 2.24) is 15.5 Å². The highest BCUT2D eigenvalue weighted by Gasteiger charge is 2.34. The molecule has 23 heavy (non-hydrogen) atoms. The van der Waals surface area contributed by atoms with Crippen molar-refractivity contribution in [3.8, 4) is 0 Å². The number of carbonyl (C=O) groups excluding carboxylic acids is 3. The van der Waals surface area contributed by atoms with Gasteiger partial charge in [-0.25, -0.2) is 0 Å². The number of nitrogens with zero attached hydrogens (tertiary/aromatic N) is 1. The smallest absolute Gasteiger partial charge is 0.225 e. The molecule has 3 amide bonds. The first-order valence-electron chi connectivity index (χ1n) is 7.99. The van der Waals surface area contributed by atoms with Crippen LogP contribution < -0.4 is 10.6 Å². The van der Waals surface area contributed by atoms with Crippen LogP contribution in [0.3, 0.4) is 0 Å². The van der Waals surface area contributed by atoms with Gasteiger partial charge in [-0.2, -0.15) is 0 Å². The van der Waals surface area contributed by atoms with E-state index in [-0.39, 0.29) is 36.0 Å². The first kappa shape index (κ1) is 15.6. The molecule has 1 aromatic heterocycles.